The van der Waals surface area contributed by atoms with Crippen LogP contribution in [-0.2, 0) is 9.59 Å². The highest BCUT2D eigenvalue weighted by atomic mass is 16.4. The molecule has 0 bridgehead atoms. The van der Waals surface area contributed by atoms with Gasteiger partial charge in [0, 0.05) is 11.1 Å². The molecule has 0 aromatic carbocycles. The number of unbranched alkanes of at least 4 members (excludes halogenated alkanes) is 19. The van der Waals surface area contributed by atoms with Gasteiger partial charge in [-0.15, -0.1) is 0 Å². The van der Waals surface area contributed by atoms with Gasteiger partial charge in [-0.05, 0) is 32.6 Å². The zero-order chi connectivity index (χ0) is 26.6. The minimum absolute atomic E-state index is 0.351. The normalized spacial score (nSPS) is 11.1. The van der Waals surface area contributed by atoms with Crippen molar-refractivity contribution in [3.8, 4) is 0 Å². The molecular weight excluding hydrogens is 436 g/mol. The van der Waals surface area contributed by atoms with Crippen molar-refractivity contribution in [3.63, 3.8) is 0 Å². The molecule has 35 heavy (non-hydrogen) atoms. The summed E-state index contributed by atoms with van der Waals surface area (Å²) in [4.78, 5) is 21.0. The number of hydrogen-bond donors (Lipinski definition) is 2. The largest absolute Gasteiger partial charge is 0.478 e. The summed E-state index contributed by atoms with van der Waals surface area (Å²) in [5.41, 5.74) is 0.829. The summed E-state index contributed by atoms with van der Waals surface area (Å²) < 4.78 is 0. The van der Waals surface area contributed by atoms with Crippen molar-refractivity contribution in [3.05, 3.63) is 23.8 Å². The molecular formula is C31H58O4. The molecule has 206 valence electrons. The zero-order valence-corrected chi connectivity index (χ0v) is 23.6. The molecule has 0 fully saturated rings. The molecule has 0 saturated carbocycles. The number of carbonyl (C=O) groups is 2. The second-order valence-corrected chi connectivity index (χ2v) is 10.0. The molecule has 0 aliphatic heterocycles. The lowest BCUT2D eigenvalue weighted by atomic mass is 10.0. The van der Waals surface area contributed by atoms with Crippen LogP contribution in [0.25, 0.3) is 0 Å². The molecule has 0 spiro atoms. The fourth-order valence-electron chi connectivity index (χ4n) is 3.97. The van der Waals surface area contributed by atoms with Crippen LogP contribution >= 0.6 is 0 Å². The molecule has 0 atom stereocenters. The topological polar surface area (TPSA) is 74.6 Å². The van der Waals surface area contributed by atoms with Crippen molar-refractivity contribution in [2.24, 2.45) is 0 Å². The van der Waals surface area contributed by atoms with E-state index in [9.17, 15) is 9.59 Å². The van der Waals surface area contributed by atoms with Gasteiger partial charge >= 0.3 is 11.9 Å². The van der Waals surface area contributed by atoms with Gasteiger partial charge in [0.05, 0.1) is 0 Å². The summed E-state index contributed by atoms with van der Waals surface area (Å²) >= 11 is 0. The predicted octanol–water partition coefficient (Wildman–Crippen LogP) is 10.3. The molecule has 0 aliphatic carbocycles. The first kappa shape index (κ1) is 35.6. The van der Waals surface area contributed by atoms with Gasteiger partial charge in [-0.2, -0.15) is 0 Å². The third kappa shape index (κ3) is 30.4. The SMILES string of the molecule is C=C(CCCCCCCCCCCC)C(=O)O.CCCCCCCCCCCCC=C(C)C(=O)O. The number of allylic oxidation sites excluding steroid dienone is 1. The van der Waals surface area contributed by atoms with Crippen molar-refractivity contribution in [2.75, 3.05) is 0 Å². The van der Waals surface area contributed by atoms with Gasteiger partial charge in [0.15, 0.2) is 0 Å². The molecule has 0 aromatic rings. The summed E-state index contributed by atoms with van der Waals surface area (Å²) in [5.74, 6) is -1.64. The van der Waals surface area contributed by atoms with Crippen LogP contribution in [0.1, 0.15) is 162 Å². The monoisotopic (exact) mass is 494 g/mol. The third-order valence-corrected chi connectivity index (χ3v) is 6.48. The van der Waals surface area contributed by atoms with Crippen LogP contribution in [0.3, 0.4) is 0 Å². The Bertz CT molecular complexity index is 536. The van der Waals surface area contributed by atoms with Crippen LogP contribution < -0.4 is 0 Å². The highest BCUT2D eigenvalue weighted by Gasteiger charge is 2.02. The highest BCUT2D eigenvalue weighted by molar-refractivity contribution is 5.86. The molecule has 0 aromatic heterocycles. The summed E-state index contributed by atoms with van der Waals surface area (Å²) in [7, 11) is 0. The third-order valence-electron chi connectivity index (χ3n) is 6.48. The van der Waals surface area contributed by atoms with E-state index in [0.717, 1.165) is 25.7 Å². The van der Waals surface area contributed by atoms with Crippen LogP contribution in [-0.4, -0.2) is 22.2 Å². The van der Waals surface area contributed by atoms with Crippen LogP contribution in [0, 0.1) is 0 Å². The van der Waals surface area contributed by atoms with E-state index in [4.69, 9.17) is 10.2 Å². The van der Waals surface area contributed by atoms with Crippen molar-refractivity contribution < 1.29 is 19.8 Å². The first-order valence-electron chi connectivity index (χ1n) is 14.7. The molecule has 2 N–H and O–H groups in total. The fourth-order valence-corrected chi connectivity index (χ4v) is 3.97. The second-order valence-electron chi connectivity index (χ2n) is 10.0. The minimum Gasteiger partial charge on any atom is -0.478 e. The van der Waals surface area contributed by atoms with E-state index in [-0.39, 0.29) is 0 Å². The fraction of sp³-hybridized carbons (Fsp3) is 0.806. The van der Waals surface area contributed by atoms with E-state index in [1.807, 2.05) is 6.08 Å². The Morgan fingerprint density at radius 2 is 0.914 bits per heavy atom. The number of hydrogen-bond acceptors (Lipinski definition) is 2. The summed E-state index contributed by atoms with van der Waals surface area (Å²) in [6.07, 6.45) is 29.5. The Kier molecular flexibility index (Phi) is 29.1. The second kappa shape index (κ2) is 28.7. The zero-order valence-electron chi connectivity index (χ0n) is 23.6. The van der Waals surface area contributed by atoms with E-state index < -0.39 is 11.9 Å². The van der Waals surface area contributed by atoms with Gasteiger partial charge in [0.2, 0.25) is 0 Å². The molecule has 0 saturated heterocycles. The van der Waals surface area contributed by atoms with Crippen LogP contribution in [0.2, 0.25) is 0 Å². The maximum Gasteiger partial charge on any atom is 0.330 e. The number of carboxylic acids is 2. The Morgan fingerprint density at radius 1 is 0.571 bits per heavy atom. The summed E-state index contributed by atoms with van der Waals surface area (Å²) in [6, 6.07) is 0. The van der Waals surface area contributed by atoms with E-state index in [0.29, 0.717) is 17.6 Å². The Labute approximate surface area is 217 Å². The maximum absolute atomic E-state index is 10.5. The highest BCUT2D eigenvalue weighted by Crippen LogP contribution is 2.13. The van der Waals surface area contributed by atoms with Gasteiger partial charge < -0.3 is 10.2 Å². The average molecular weight is 495 g/mol. The van der Waals surface area contributed by atoms with Gasteiger partial charge in [-0.25, -0.2) is 9.59 Å². The number of carboxylic acid groups (broad SMARTS) is 2. The van der Waals surface area contributed by atoms with Gasteiger partial charge in [0.1, 0.15) is 0 Å². The Hall–Kier alpha value is -1.58. The molecule has 0 aliphatic rings. The Morgan fingerprint density at radius 3 is 1.26 bits per heavy atom. The molecule has 0 rings (SSSR count). The predicted molar refractivity (Wildman–Crippen MR) is 151 cm³/mol. The lowest BCUT2D eigenvalue weighted by molar-refractivity contribution is -0.133. The minimum atomic E-state index is -0.846. The maximum atomic E-state index is 10.5. The van der Waals surface area contributed by atoms with Crippen molar-refractivity contribution >= 4 is 11.9 Å². The van der Waals surface area contributed by atoms with Gasteiger partial charge in [-0.3, -0.25) is 0 Å². The van der Waals surface area contributed by atoms with Crippen molar-refractivity contribution in [2.45, 2.75) is 162 Å². The summed E-state index contributed by atoms with van der Waals surface area (Å²) in [6.45, 7) is 9.69. The number of rotatable bonds is 24. The standard InChI is InChI=1S/C16H30O2.C15H28O2/c1-3-4-5-6-7-8-9-10-11-12-13-14-15(2)16(17)18;1-3-4-5-6-7-8-9-10-11-12-13-14(2)15(16)17/h14H,3-13H2,1-2H3,(H,17,18);2-13H2,1H3,(H,16,17). The van der Waals surface area contributed by atoms with E-state index >= 15 is 0 Å². The van der Waals surface area contributed by atoms with E-state index in [2.05, 4.69) is 20.4 Å². The smallest absolute Gasteiger partial charge is 0.330 e. The van der Waals surface area contributed by atoms with Crippen molar-refractivity contribution in [1.29, 1.82) is 0 Å². The molecule has 0 heterocycles. The van der Waals surface area contributed by atoms with Crippen molar-refractivity contribution in [1.82, 2.24) is 0 Å². The van der Waals surface area contributed by atoms with Gasteiger partial charge in [-0.1, -0.05) is 142 Å². The average Bonchev–Trinajstić information content (AvgIpc) is 2.83. The van der Waals surface area contributed by atoms with E-state index in [1.165, 1.54) is 109 Å². The van der Waals surface area contributed by atoms with Crippen LogP contribution in [0.4, 0.5) is 0 Å². The van der Waals surface area contributed by atoms with Gasteiger partial charge in [0.25, 0.3) is 0 Å². The number of aliphatic carboxylic acids is 2. The molecule has 0 amide bonds. The lowest BCUT2D eigenvalue weighted by Gasteiger charge is -2.02. The molecule has 4 nitrogen and oxygen atoms in total. The molecule has 0 radical (unpaired) electrons. The van der Waals surface area contributed by atoms with Crippen LogP contribution in [0.5, 0.6) is 0 Å². The first-order chi connectivity index (χ1) is 16.9. The van der Waals surface area contributed by atoms with E-state index in [1.54, 1.807) is 6.92 Å². The quantitative estimate of drug-likeness (QED) is 0.103. The first-order valence-corrected chi connectivity index (χ1v) is 14.7. The molecule has 0 unspecified atom stereocenters. The Balaban J connectivity index is 0. The summed E-state index contributed by atoms with van der Waals surface area (Å²) in [5, 5.41) is 17.3. The molecule has 4 heteroatoms. The lowest BCUT2D eigenvalue weighted by Crippen LogP contribution is -1.98. The van der Waals surface area contributed by atoms with Crippen LogP contribution in [0.15, 0.2) is 23.8 Å².